The molecular formula is C54H30N4O. The van der Waals surface area contributed by atoms with E-state index in [1.807, 2.05) is 6.07 Å². The van der Waals surface area contributed by atoms with E-state index in [4.69, 9.17) is 14.4 Å². The number of aromatic nitrogens is 4. The van der Waals surface area contributed by atoms with E-state index in [1.165, 1.54) is 32.6 Å². The smallest absolute Gasteiger partial charge is 0.235 e. The molecule has 0 bridgehead atoms. The third-order valence-electron chi connectivity index (χ3n) is 12.6. The van der Waals surface area contributed by atoms with Crippen LogP contribution in [0.1, 0.15) is 0 Å². The van der Waals surface area contributed by atoms with Crippen LogP contribution >= 0.6 is 0 Å². The van der Waals surface area contributed by atoms with Crippen LogP contribution in [-0.4, -0.2) is 18.9 Å². The lowest BCUT2D eigenvalue weighted by Crippen LogP contribution is -2.04. The van der Waals surface area contributed by atoms with Crippen LogP contribution in [0.3, 0.4) is 0 Å². The van der Waals surface area contributed by atoms with Gasteiger partial charge in [-0.2, -0.15) is 0 Å². The maximum atomic E-state index is 6.99. The van der Waals surface area contributed by atoms with Crippen LogP contribution in [0.25, 0.3) is 132 Å². The predicted octanol–water partition coefficient (Wildman–Crippen LogP) is 14.3. The summed E-state index contributed by atoms with van der Waals surface area (Å²) in [6.45, 7) is 0. The second kappa shape index (κ2) is 11.3. The van der Waals surface area contributed by atoms with Crippen LogP contribution in [0.5, 0.6) is 0 Å². The lowest BCUT2D eigenvalue weighted by molar-refractivity contribution is 0.671. The molecular weight excluding hydrogens is 721 g/mol. The molecule has 0 amide bonds. The Kier molecular flexibility index (Phi) is 5.96. The van der Waals surface area contributed by atoms with E-state index in [0.29, 0.717) is 5.95 Å². The van der Waals surface area contributed by atoms with Gasteiger partial charge in [-0.25, -0.2) is 9.97 Å². The minimum absolute atomic E-state index is 0.599. The molecule has 5 heterocycles. The van der Waals surface area contributed by atoms with Crippen LogP contribution < -0.4 is 0 Å². The van der Waals surface area contributed by atoms with Crippen molar-refractivity contribution in [2.45, 2.75) is 0 Å². The molecule has 5 heteroatoms. The van der Waals surface area contributed by atoms with E-state index in [-0.39, 0.29) is 0 Å². The molecule has 0 saturated carbocycles. The van der Waals surface area contributed by atoms with Gasteiger partial charge in [-0.3, -0.25) is 4.57 Å². The van der Waals surface area contributed by atoms with Gasteiger partial charge in [0.15, 0.2) is 5.58 Å². The highest BCUT2D eigenvalue weighted by molar-refractivity contribution is 6.35. The first-order valence-electron chi connectivity index (χ1n) is 20.1. The third-order valence-corrected chi connectivity index (χ3v) is 12.6. The van der Waals surface area contributed by atoms with Gasteiger partial charge >= 0.3 is 0 Å². The summed E-state index contributed by atoms with van der Waals surface area (Å²) in [5.41, 5.74) is 12.3. The Balaban J connectivity index is 1.22. The maximum absolute atomic E-state index is 6.99. The SMILES string of the molecule is c1ccc(-c2cccc(-c3nc(-n4c5cccc6c7cccc8c9ccccc9n(c9cc%10c%11ccccc%11oc%10c4c9c65)c78)nc4c3ccc3ccccc34)c2)cc1. The molecule has 0 fully saturated rings. The van der Waals surface area contributed by atoms with E-state index in [9.17, 15) is 0 Å². The van der Waals surface area contributed by atoms with Crippen LogP contribution in [0.15, 0.2) is 186 Å². The fourth-order valence-electron chi connectivity index (χ4n) is 10.1. The molecule has 59 heavy (non-hydrogen) atoms. The van der Waals surface area contributed by atoms with Gasteiger partial charge < -0.3 is 8.82 Å². The van der Waals surface area contributed by atoms with Crippen molar-refractivity contribution in [1.82, 2.24) is 18.9 Å². The van der Waals surface area contributed by atoms with Gasteiger partial charge in [-0.05, 0) is 58.3 Å². The van der Waals surface area contributed by atoms with Crippen molar-refractivity contribution in [3.8, 4) is 28.3 Å². The molecule has 0 unspecified atom stereocenters. The topological polar surface area (TPSA) is 48.3 Å². The van der Waals surface area contributed by atoms with E-state index in [2.05, 4.69) is 185 Å². The Morgan fingerprint density at radius 2 is 1.07 bits per heavy atom. The van der Waals surface area contributed by atoms with Crippen LogP contribution in [0.4, 0.5) is 0 Å². The number of fused-ring (bicyclic) bond motifs is 12. The quantitative estimate of drug-likeness (QED) is 0.169. The van der Waals surface area contributed by atoms with Crippen molar-refractivity contribution in [3.05, 3.63) is 182 Å². The molecule has 0 aliphatic rings. The zero-order valence-electron chi connectivity index (χ0n) is 31.5. The molecule has 9 aromatic carbocycles. The van der Waals surface area contributed by atoms with Gasteiger partial charge in [0, 0.05) is 54.0 Å². The minimum atomic E-state index is 0.599. The zero-order valence-corrected chi connectivity index (χ0v) is 31.5. The van der Waals surface area contributed by atoms with E-state index in [0.717, 1.165) is 93.3 Å². The lowest BCUT2D eigenvalue weighted by Gasteiger charge is -2.14. The number of hydrogen-bond acceptors (Lipinski definition) is 3. The zero-order chi connectivity index (χ0) is 38.3. The van der Waals surface area contributed by atoms with Gasteiger partial charge in [0.2, 0.25) is 5.95 Å². The molecule has 0 saturated heterocycles. The molecule has 0 radical (unpaired) electrons. The highest BCUT2D eigenvalue weighted by Gasteiger charge is 2.27. The number of furan rings is 1. The first-order valence-corrected chi connectivity index (χ1v) is 20.1. The Morgan fingerprint density at radius 1 is 0.390 bits per heavy atom. The number of hydrogen-bond donors (Lipinski definition) is 0. The van der Waals surface area contributed by atoms with Gasteiger partial charge in [-0.15, -0.1) is 0 Å². The molecule has 0 atom stereocenters. The molecule has 5 aromatic heterocycles. The average Bonchev–Trinajstić information content (AvgIpc) is 3.94. The first kappa shape index (κ1) is 31.1. The van der Waals surface area contributed by atoms with E-state index in [1.54, 1.807) is 0 Å². The third kappa shape index (κ3) is 4.08. The van der Waals surface area contributed by atoms with E-state index < -0.39 is 0 Å². The Hall–Kier alpha value is -8.02. The highest BCUT2D eigenvalue weighted by atomic mass is 16.3. The fourth-order valence-corrected chi connectivity index (χ4v) is 10.1. The second-order valence-corrected chi connectivity index (χ2v) is 15.7. The van der Waals surface area contributed by atoms with E-state index >= 15 is 0 Å². The summed E-state index contributed by atoms with van der Waals surface area (Å²) >= 11 is 0. The second-order valence-electron chi connectivity index (χ2n) is 15.7. The number of rotatable bonds is 3. The maximum Gasteiger partial charge on any atom is 0.235 e. The summed E-state index contributed by atoms with van der Waals surface area (Å²) < 4.78 is 11.8. The Labute approximate surface area is 335 Å². The van der Waals surface area contributed by atoms with Crippen molar-refractivity contribution < 1.29 is 4.42 Å². The summed E-state index contributed by atoms with van der Waals surface area (Å²) in [7, 11) is 0. The van der Waals surface area contributed by atoms with Gasteiger partial charge in [0.05, 0.1) is 33.3 Å². The number of para-hydroxylation sites is 3. The van der Waals surface area contributed by atoms with Crippen molar-refractivity contribution in [2.75, 3.05) is 0 Å². The summed E-state index contributed by atoms with van der Waals surface area (Å²) in [6, 6.07) is 65.1. The fraction of sp³-hybridized carbons (Fsp3) is 0. The van der Waals surface area contributed by atoms with Gasteiger partial charge in [0.1, 0.15) is 11.1 Å². The summed E-state index contributed by atoms with van der Waals surface area (Å²) in [5, 5.41) is 12.5. The molecule has 0 N–H and O–H groups in total. The minimum Gasteiger partial charge on any atom is -0.454 e. The van der Waals surface area contributed by atoms with Crippen LogP contribution in [0, 0.1) is 0 Å². The van der Waals surface area contributed by atoms with Crippen molar-refractivity contribution in [3.63, 3.8) is 0 Å². The van der Waals surface area contributed by atoms with Crippen molar-refractivity contribution in [2.24, 2.45) is 0 Å². The highest BCUT2D eigenvalue weighted by Crippen LogP contribution is 2.48. The van der Waals surface area contributed by atoms with Crippen LogP contribution in [0.2, 0.25) is 0 Å². The summed E-state index contributed by atoms with van der Waals surface area (Å²) in [4.78, 5) is 11.2. The Morgan fingerprint density at radius 3 is 1.98 bits per heavy atom. The summed E-state index contributed by atoms with van der Waals surface area (Å²) in [6.07, 6.45) is 0. The normalized spacial score (nSPS) is 12.4. The molecule has 14 rings (SSSR count). The Bertz CT molecular complexity index is 4080. The predicted molar refractivity (Wildman–Crippen MR) is 244 cm³/mol. The molecule has 0 aliphatic heterocycles. The standard InChI is InChI=1S/C54H30N4O/c1-2-13-31(14-3-1)33-16-10-17-34(29-33)49-41-28-27-32-15-4-5-18-35(32)50(41)56-54(55-49)58-44-25-12-21-38-40-23-11-22-39-36-19-6-8-24-43(36)57(51(39)40)45-30-42-37-20-7-9-26-46(37)59-53(42)52(58)48(45)47(38)44/h1-30H. The molecule has 0 aliphatic carbocycles. The van der Waals surface area contributed by atoms with Crippen molar-refractivity contribution >= 4 is 104 Å². The van der Waals surface area contributed by atoms with Crippen LogP contribution in [-0.2, 0) is 0 Å². The van der Waals surface area contributed by atoms with Crippen molar-refractivity contribution in [1.29, 1.82) is 0 Å². The summed E-state index contributed by atoms with van der Waals surface area (Å²) in [5.74, 6) is 0.599. The molecule has 272 valence electrons. The first-order chi connectivity index (χ1) is 29.3. The largest absolute Gasteiger partial charge is 0.454 e. The van der Waals surface area contributed by atoms with Gasteiger partial charge in [-0.1, -0.05) is 146 Å². The lowest BCUT2D eigenvalue weighted by atomic mass is 9.98. The number of benzene rings is 9. The monoisotopic (exact) mass is 750 g/mol. The molecule has 5 nitrogen and oxygen atoms in total. The number of nitrogens with zero attached hydrogens (tertiary/aromatic N) is 4. The average molecular weight is 751 g/mol. The molecule has 0 spiro atoms. The molecule has 14 aromatic rings. The van der Waals surface area contributed by atoms with Gasteiger partial charge in [0.25, 0.3) is 0 Å².